The largest absolute Gasteiger partial charge is 0.468 e. The molecule has 3 heteroatoms. The summed E-state index contributed by atoms with van der Waals surface area (Å²) in [6, 6.07) is 4.50. The smallest absolute Gasteiger partial charge is 0.120 e. The van der Waals surface area contributed by atoms with E-state index in [-0.39, 0.29) is 0 Å². The molecule has 1 aliphatic heterocycles. The summed E-state index contributed by atoms with van der Waals surface area (Å²) in [5.41, 5.74) is 0.386. The van der Waals surface area contributed by atoms with Crippen molar-refractivity contribution in [2.24, 2.45) is 0 Å². The number of hydrogen-bond donors (Lipinski definition) is 1. The van der Waals surface area contributed by atoms with E-state index in [4.69, 9.17) is 4.42 Å². The van der Waals surface area contributed by atoms with Gasteiger partial charge in [0.05, 0.1) is 12.3 Å². The Balaban J connectivity index is 1.74. The SMILES string of the molecule is CC(c1ccco1)N1CCCNC2(CCCC2)C1. The molecule has 0 amide bonds. The van der Waals surface area contributed by atoms with Gasteiger partial charge in [-0.1, -0.05) is 12.8 Å². The Bertz CT molecular complexity index is 368. The Morgan fingerprint density at radius 3 is 2.89 bits per heavy atom. The minimum absolute atomic E-state index is 0.386. The van der Waals surface area contributed by atoms with Crippen LogP contribution in [0.1, 0.15) is 50.8 Å². The van der Waals surface area contributed by atoms with Crippen molar-refractivity contribution >= 4 is 0 Å². The van der Waals surface area contributed by atoms with Crippen LogP contribution in [0.2, 0.25) is 0 Å². The third-order valence-electron chi connectivity index (χ3n) is 4.69. The highest BCUT2D eigenvalue weighted by molar-refractivity contribution is 5.06. The van der Waals surface area contributed by atoms with Gasteiger partial charge in [0.1, 0.15) is 5.76 Å². The van der Waals surface area contributed by atoms with Crippen LogP contribution >= 0.6 is 0 Å². The Morgan fingerprint density at radius 1 is 1.33 bits per heavy atom. The highest BCUT2D eigenvalue weighted by Gasteiger charge is 2.37. The third kappa shape index (κ3) is 2.34. The first-order valence-corrected chi connectivity index (χ1v) is 7.32. The maximum Gasteiger partial charge on any atom is 0.120 e. The maximum absolute atomic E-state index is 5.58. The summed E-state index contributed by atoms with van der Waals surface area (Å²) >= 11 is 0. The van der Waals surface area contributed by atoms with Crippen molar-refractivity contribution in [3.8, 4) is 0 Å². The lowest BCUT2D eigenvalue weighted by Gasteiger charge is -2.35. The second-order valence-corrected chi connectivity index (χ2v) is 5.93. The van der Waals surface area contributed by atoms with Crippen molar-refractivity contribution in [1.29, 1.82) is 0 Å². The van der Waals surface area contributed by atoms with Crippen LogP contribution in [0.25, 0.3) is 0 Å². The third-order valence-corrected chi connectivity index (χ3v) is 4.69. The van der Waals surface area contributed by atoms with E-state index in [0.717, 1.165) is 5.76 Å². The molecule has 1 aromatic rings. The summed E-state index contributed by atoms with van der Waals surface area (Å²) in [6.07, 6.45) is 8.48. The van der Waals surface area contributed by atoms with Crippen molar-refractivity contribution in [1.82, 2.24) is 10.2 Å². The van der Waals surface area contributed by atoms with E-state index in [0.29, 0.717) is 11.6 Å². The number of rotatable bonds is 2. The van der Waals surface area contributed by atoms with E-state index in [9.17, 15) is 0 Å². The zero-order valence-electron chi connectivity index (χ0n) is 11.3. The lowest BCUT2D eigenvalue weighted by Crippen LogP contribution is -2.49. The van der Waals surface area contributed by atoms with E-state index >= 15 is 0 Å². The molecule has 1 saturated heterocycles. The van der Waals surface area contributed by atoms with Gasteiger partial charge in [0.25, 0.3) is 0 Å². The summed E-state index contributed by atoms with van der Waals surface area (Å²) in [5, 5.41) is 3.81. The second-order valence-electron chi connectivity index (χ2n) is 5.93. The number of nitrogens with one attached hydrogen (secondary N) is 1. The molecular formula is C15H24N2O. The van der Waals surface area contributed by atoms with Crippen LogP contribution in [0, 0.1) is 0 Å². The van der Waals surface area contributed by atoms with Crippen molar-refractivity contribution in [2.45, 2.75) is 50.6 Å². The monoisotopic (exact) mass is 248 g/mol. The van der Waals surface area contributed by atoms with Crippen LogP contribution in [-0.4, -0.2) is 30.1 Å². The van der Waals surface area contributed by atoms with Gasteiger partial charge in [0.15, 0.2) is 0 Å². The Morgan fingerprint density at radius 2 is 2.17 bits per heavy atom. The van der Waals surface area contributed by atoms with E-state index in [1.807, 2.05) is 6.07 Å². The van der Waals surface area contributed by atoms with Crippen LogP contribution < -0.4 is 5.32 Å². The van der Waals surface area contributed by atoms with E-state index in [2.05, 4.69) is 23.2 Å². The predicted molar refractivity (Wildman–Crippen MR) is 72.5 cm³/mol. The van der Waals surface area contributed by atoms with Gasteiger partial charge in [-0.2, -0.15) is 0 Å². The molecule has 0 radical (unpaired) electrons. The molecule has 2 fully saturated rings. The molecule has 1 aromatic heterocycles. The van der Waals surface area contributed by atoms with Crippen LogP contribution in [0.5, 0.6) is 0 Å². The van der Waals surface area contributed by atoms with Crippen LogP contribution in [-0.2, 0) is 0 Å². The molecule has 3 nitrogen and oxygen atoms in total. The molecule has 1 saturated carbocycles. The van der Waals surface area contributed by atoms with Crippen LogP contribution in [0.4, 0.5) is 0 Å². The predicted octanol–water partition coefficient (Wildman–Crippen LogP) is 2.95. The number of nitrogens with zero attached hydrogens (tertiary/aromatic N) is 1. The first-order valence-electron chi connectivity index (χ1n) is 7.32. The molecule has 1 atom stereocenters. The molecule has 1 spiro atoms. The van der Waals surface area contributed by atoms with E-state index < -0.39 is 0 Å². The maximum atomic E-state index is 5.58. The molecule has 0 bridgehead atoms. The Labute approximate surface area is 110 Å². The first kappa shape index (κ1) is 12.2. The van der Waals surface area contributed by atoms with Gasteiger partial charge in [-0.05, 0) is 44.9 Å². The van der Waals surface area contributed by atoms with Gasteiger partial charge in [-0.25, -0.2) is 0 Å². The Hall–Kier alpha value is -0.800. The van der Waals surface area contributed by atoms with Gasteiger partial charge in [0, 0.05) is 18.6 Å². The summed E-state index contributed by atoms with van der Waals surface area (Å²) in [4.78, 5) is 2.60. The van der Waals surface area contributed by atoms with Crippen LogP contribution in [0.3, 0.4) is 0 Å². The molecular weight excluding hydrogens is 224 g/mol. The average molecular weight is 248 g/mol. The summed E-state index contributed by atoms with van der Waals surface area (Å²) in [7, 11) is 0. The molecule has 1 N–H and O–H groups in total. The lowest BCUT2D eigenvalue weighted by molar-refractivity contribution is 0.151. The van der Waals surface area contributed by atoms with Crippen molar-refractivity contribution in [3.05, 3.63) is 24.2 Å². The van der Waals surface area contributed by atoms with Gasteiger partial charge in [-0.3, -0.25) is 4.90 Å². The highest BCUT2D eigenvalue weighted by atomic mass is 16.3. The summed E-state index contributed by atoms with van der Waals surface area (Å²) < 4.78 is 5.58. The molecule has 3 rings (SSSR count). The molecule has 2 aliphatic rings. The van der Waals surface area contributed by atoms with Gasteiger partial charge >= 0.3 is 0 Å². The normalized spacial score (nSPS) is 26.3. The minimum atomic E-state index is 0.386. The van der Waals surface area contributed by atoms with E-state index in [1.165, 1.54) is 51.7 Å². The molecule has 18 heavy (non-hydrogen) atoms. The summed E-state index contributed by atoms with van der Waals surface area (Å²) in [6.45, 7) is 5.79. The first-order chi connectivity index (χ1) is 8.79. The van der Waals surface area contributed by atoms with E-state index in [1.54, 1.807) is 6.26 Å². The molecule has 0 aromatic carbocycles. The zero-order valence-corrected chi connectivity index (χ0v) is 11.3. The van der Waals surface area contributed by atoms with Crippen molar-refractivity contribution in [2.75, 3.05) is 19.6 Å². The van der Waals surface area contributed by atoms with Crippen molar-refractivity contribution < 1.29 is 4.42 Å². The fourth-order valence-corrected chi connectivity index (χ4v) is 3.59. The quantitative estimate of drug-likeness (QED) is 0.872. The summed E-state index contributed by atoms with van der Waals surface area (Å²) in [5.74, 6) is 1.10. The molecule has 1 aliphatic carbocycles. The molecule has 2 heterocycles. The van der Waals surface area contributed by atoms with Gasteiger partial charge < -0.3 is 9.73 Å². The molecule has 1 unspecified atom stereocenters. The Kier molecular flexibility index (Phi) is 3.44. The van der Waals surface area contributed by atoms with Gasteiger partial charge in [-0.15, -0.1) is 0 Å². The minimum Gasteiger partial charge on any atom is -0.468 e. The van der Waals surface area contributed by atoms with Crippen molar-refractivity contribution in [3.63, 3.8) is 0 Å². The topological polar surface area (TPSA) is 28.4 Å². The number of hydrogen-bond acceptors (Lipinski definition) is 3. The molecule has 100 valence electrons. The number of furan rings is 1. The fourth-order valence-electron chi connectivity index (χ4n) is 3.59. The highest BCUT2D eigenvalue weighted by Crippen LogP contribution is 2.34. The fraction of sp³-hybridized carbons (Fsp3) is 0.733. The average Bonchev–Trinajstić information content (AvgIpc) is 2.99. The second kappa shape index (κ2) is 5.06. The standard InChI is InChI=1S/C15H24N2O/c1-13(14-6-4-11-18-14)17-10-5-9-16-15(12-17)7-2-3-8-15/h4,6,11,13,16H,2-3,5,7-10,12H2,1H3. The zero-order chi connectivity index (χ0) is 12.4. The van der Waals surface area contributed by atoms with Crippen LogP contribution in [0.15, 0.2) is 22.8 Å². The van der Waals surface area contributed by atoms with Gasteiger partial charge in [0.2, 0.25) is 0 Å². The lowest BCUT2D eigenvalue weighted by atomic mass is 9.96.